The van der Waals surface area contributed by atoms with E-state index in [0.717, 1.165) is 35.9 Å². The minimum Gasteiger partial charge on any atom is -0.392 e. The minimum absolute atomic E-state index is 0.194. The van der Waals surface area contributed by atoms with E-state index in [1.165, 1.54) is 12.8 Å². The summed E-state index contributed by atoms with van der Waals surface area (Å²) >= 11 is 11.4. The largest absolute Gasteiger partial charge is 0.392 e. The average molecular weight is 287 g/mol. The molecule has 1 saturated heterocycles. The van der Waals surface area contributed by atoms with Crippen LogP contribution >= 0.6 is 23.8 Å². The fourth-order valence-electron chi connectivity index (χ4n) is 2.55. The zero-order valence-corrected chi connectivity index (χ0v) is 12.4. The molecule has 4 nitrogen and oxygen atoms in total. The summed E-state index contributed by atoms with van der Waals surface area (Å²) in [5.74, 6) is 0. The van der Waals surface area contributed by atoms with E-state index < -0.39 is 0 Å². The summed E-state index contributed by atoms with van der Waals surface area (Å²) in [4.78, 5) is 2.90. The Morgan fingerprint density at radius 3 is 2.83 bits per heavy atom. The first-order valence-corrected chi connectivity index (χ1v) is 7.00. The zero-order chi connectivity index (χ0) is 13.3. The molecule has 1 aromatic rings. The molecule has 1 aromatic heterocycles. The maximum Gasteiger partial charge on any atom is 0.0902 e. The van der Waals surface area contributed by atoms with Gasteiger partial charge in [-0.15, -0.1) is 0 Å². The predicted octanol–water partition coefficient (Wildman–Crippen LogP) is 2.02. The monoisotopic (exact) mass is 286 g/mol. The number of rotatable bonds is 3. The fraction of sp³-hybridized carbons (Fsp3) is 0.667. The Morgan fingerprint density at radius 2 is 2.28 bits per heavy atom. The van der Waals surface area contributed by atoms with Crippen molar-refractivity contribution in [3.05, 3.63) is 16.4 Å². The number of nitrogens with two attached hydrogens (primary N) is 1. The van der Waals surface area contributed by atoms with Crippen LogP contribution in [0.1, 0.15) is 30.7 Å². The van der Waals surface area contributed by atoms with E-state index in [-0.39, 0.29) is 6.04 Å². The van der Waals surface area contributed by atoms with Crippen molar-refractivity contribution in [2.75, 3.05) is 6.54 Å². The lowest BCUT2D eigenvalue weighted by Crippen LogP contribution is -2.46. The summed E-state index contributed by atoms with van der Waals surface area (Å²) in [7, 11) is 1.92. The summed E-state index contributed by atoms with van der Waals surface area (Å²) in [5.41, 5.74) is 7.74. The number of hydrogen-bond donors (Lipinski definition) is 1. The van der Waals surface area contributed by atoms with Crippen LogP contribution in [0.4, 0.5) is 0 Å². The number of nitrogens with zero attached hydrogens (tertiary/aromatic N) is 3. The summed E-state index contributed by atoms with van der Waals surface area (Å²) in [6, 6.07) is 0.194. The lowest BCUT2D eigenvalue weighted by atomic mass is 10.0. The molecule has 6 heteroatoms. The Labute approximate surface area is 118 Å². The molecular formula is C12H19ClN4S. The lowest BCUT2D eigenvalue weighted by Gasteiger charge is -2.34. The molecule has 1 aliphatic rings. The standard InChI is InChI=1S/C12H19ClN4S/c1-8-11(13)10(16(2)15-8)7-17-6-4-3-5-9(17)12(14)18/h9H,3-7H2,1-2H3,(H2,14,18). The van der Waals surface area contributed by atoms with Gasteiger partial charge in [0.05, 0.1) is 27.4 Å². The van der Waals surface area contributed by atoms with Gasteiger partial charge in [-0.05, 0) is 26.3 Å². The Balaban J connectivity index is 2.18. The van der Waals surface area contributed by atoms with Crippen molar-refractivity contribution in [3.63, 3.8) is 0 Å². The Hall–Kier alpha value is -0.650. The van der Waals surface area contributed by atoms with E-state index in [1.807, 2.05) is 18.7 Å². The van der Waals surface area contributed by atoms with Crippen LogP contribution in [0, 0.1) is 6.92 Å². The topological polar surface area (TPSA) is 47.1 Å². The Morgan fingerprint density at radius 1 is 1.56 bits per heavy atom. The van der Waals surface area contributed by atoms with E-state index in [0.29, 0.717) is 4.99 Å². The number of thiocarbonyl (C=S) groups is 1. The second kappa shape index (κ2) is 5.55. The van der Waals surface area contributed by atoms with Gasteiger partial charge in [0, 0.05) is 13.6 Å². The summed E-state index contributed by atoms with van der Waals surface area (Å²) < 4.78 is 1.85. The lowest BCUT2D eigenvalue weighted by molar-refractivity contribution is 0.180. The third-order valence-corrected chi connectivity index (χ3v) is 4.32. The van der Waals surface area contributed by atoms with Gasteiger partial charge in [-0.2, -0.15) is 5.10 Å². The molecule has 0 spiro atoms. The van der Waals surface area contributed by atoms with Crippen LogP contribution < -0.4 is 5.73 Å². The van der Waals surface area contributed by atoms with Crippen LogP contribution in [0.5, 0.6) is 0 Å². The predicted molar refractivity (Wildman–Crippen MR) is 77.8 cm³/mol. The minimum atomic E-state index is 0.194. The Bertz CT molecular complexity index is 457. The van der Waals surface area contributed by atoms with Crippen molar-refractivity contribution in [3.8, 4) is 0 Å². The van der Waals surface area contributed by atoms with Crippen LogP contribution in [-0.2, 0) is 13.6 Å². The third-order valence-electron chi connectivity index (χ3n) is 3.56. The third kappa shape index (κ3) is 2.68. The number of hydrogen-bond acceptors (Lipinski definition) is 3. The number of likely N-dealkylation sites (tertiary alicyclic amines) is 1. The molecule has 0 bridgehead atoms. The molecule has 2 N–H and O–H groups in total. The molecule has 2 heterocycles. The van der Waals surface area contributed by atoms with Gasteiger partial charge in [-0.25, -0.2) is 0 Å². The van der Waals surface area contributed by atoms with Crippen molar-refractivity contribution in [2.45, 2.75) is 38.8 Å². The molecule has 1 fully saturated rings. The number of aryl methyl sites for hydroxylation is 2. The fourth-order valence-corrected chi connectivity index (χ4v) is 3.03. The Kier molecular flexibility index (Phi) is 4.25. The molecule has 0 amide bonds. The summed E-state index contributed by atoms with van der Waals surface area (Å²) in [6.45, 7) is 3.70. The zero-order valence-electron chi connectivity index (χ0n) is 10.8. The molecule has 0 aromatic carbocycles. The highest BCUT2D eigenvalue weighted by molar-refractivity contribution is 7.80. The second-order valence-electron chi connectivity index (χ2n) is 4.85. The first kappa shape index (κ1) is 13.8. The molecule has 1 atom stereocenters. The molecule has 1 unspecified atom stereocenters. The summed E-state index contributed by atoms with van der Waals surface area (Å²) in [5, 5.41) is 5.09. The molecule has 100 valence electrons. The van der Waals surface area contributed by atoms with E-state index in [2.05, 4.69) is 10.00 Å². The van der Waals surface area contributed by atoms with Gasteiger partial charge in [0.25, 0.3) is 0 Å². The molecule has 0 radical (unpaired) electrons. The molecule has 18 heavy (non-hydrogen) atoms. The van der Waals surface area contributed by atoms with Crippen LogP contribution in [0.2, 0.25) is 5.02 Å². The SMILES string of the molecule is Cc1nn(C)c(CN2CCCCC2C(N)=S)c1Cl. The highest BCUT2D eigenvalue weighted by atomic mass is 35.5. The number of piperidine rings is 1. The first-order valence-electron chi connectivity index (χ1n) is 6.22. The van der Waals surface area contributed by atoms with Gasteiger partial charge in [0.15, 0.2) is 0 Å². The van der Waals surface area contributed by atoms with Gasteiger partial charge in [-0.3, -0.25) is 9.58 Å². The number of halogens is 1. The molecule has 2 rings (SSSR count). The van der Waals surface area contributed by atoms with E-state index in [4.69, 9.17) is 29.6 Å². The van der Waals surface area contributed by atoms with Gasteiger partial charge >= 0.3 is 0 Å². The van der Waals surface area contributed by atoms with Crippen molar-refractivity contribution >= 4 is 28.8 Å². The van der Waals surface area contributed by atoms with Gasteiger partial charge in [0.1, 0.15) is 0 Å². The normalized spacial score (nSPS) is 21.2. The van der Waals surface area contributed by atoms with E-state index in [1.54, 1.807) is 0 Å². The van der Waals surface area contributed by atoms with Crippen LogP contribution in [0.3, 0.4) is 0 Å². The maximum atomic E-state index is 6.29. The van der Waals surface area contributed by atoms with Crippen LogP contribution in [-0.4, -0.2) is 32.3 Å². The molecular weight excluding hydrogens is 268 g/mol. The molecule has 1 aliphatic heterocycles. The quantitative estimate of drug-likeness (QED) is 0.864. The van der Waals surface area contributed by atoms with Gasteiger partial charge in [0.2, 0.25) is 0 Å². The highest BCUT2D eigenvalue weighted by Crippen LogP contribution is 2.25. The average Bonchev–Trinajstić information content (AvgIpc) is 2.56. The maximum absolute atomic E-state index is 6.29. The van der Waals surface area contributed by atoms with Crippen molar-refractivity contribution in [1.29, 1.82) is 0 Å². The smallest absolute Gasteiger partial charge is 0.0902 e. The molecule has 0 aliphatic carbocycles. The van der Waals surface area contributed by atoms with Gasteiger partial charge in [-0.1, -0.05) is 30.2 Å². The van der Waals surface area contributed by atoms with E-state index >= 15 is 0 Å². The second-order valence-corrected chi connectivity index (χ2v) is 5.70. The molecule has 0 saturated carbocycles. The van der Waals surface area contributed by atoms with Crippen LogP contribution in [0.25, 0.3) is 0 Å². The number of aromatic nitrogens is 2. The van der Waals surface area contributed by atoms with Crippen molar-refractivity contribution in [1.82, 2.24) is 14.7 Å². The first-order chi connectivity index (χ1) is 8.50. The van der Waals surface area contributed by atoms with Crippen molar-refractivity contribution < 1.29 is 0 Å². The van der Waals surface area contributed by atoms with Gasteiger partial charge < -0.3 is 5.73 Å². The highest BCUT2D eigenvalue weighted by Gasteiger charge is 2.26. The van der Waals surface area contributed by atoms with E-state index in [9.17, 15) is 0 Å². The summed E-state index contributed by atoms with van der Waals surface area (Å²) in [6.07, 6.45) is 3.42. The van der Waals surface area contributed by atoms with Crippen molar-refractivity contribution in [2.24, 2.45) is 12.8 Å². The van der Waals surface area contributed by atoms with Crippen LogP contribution in [0.15, 0.2) is 0 Å².